The molecule has 0 atom stereocenters. The van der Waals surface area contributed by atoms with E-state index in [9.17, 15) is 15.0 Å². The zero-order chi connectivity index (χ0) is 12.5. The van der Waals surface area contributed by atoms with Gasteiger partial charge in [-0.2, -0.15) is 0 Å². The molecular weight excluding hydrogens is 220 g/mol. The highest BCUT2D eigenvalue weighted by Gasteiger charge is 2.21. The summed E-state index contributed by atoms with van der Waals surface area (Å²) >= 11 is 0. The minimum atomic E-state index is -1.36. The van der Waals surface area contributed by atoms with E-state index in [2.05, 4.69) is 0 Å². The second kappa shape index (κ2) is 3.89. The first-order valence-electron chi connectivity index (χ1n) is 3.96. The van der Waals surface area contributed by atoms with Crippen molar-refractivity contribution in [2.45, 2.75) is 0 Å². The molecule has 0 aliphatic carbocycles. The molecule has 86 valence electrons. The van der Waals surface area contributed by atoms with Gasteiger partial charge in [-0.15, -0.1) is 0 Å². The molecular formula is C9H8O7. The van der Waals surface area contributed by atoms with Crippen molar-refractivity contribution in [2.24, 2.45) is 0 Å². The van der Waals surface area contributed by atoms with E-state index in [0.29, 0.717) is 6.08 Å². The smallest absolute Gasteiger partial charge is 0.328 e. The van der Waals surface area contributed by atoms with E-state index >= 15 is 0 Å². The normalized spacial score (nSPS) is 10.8. The lowest BCUT2D eigenvalue weighted by Gasteiger charge is -2.09. The van der Waals surface area contributed by atoms with Gasteiger partial charge in [0.1, 0.15) is 0 Å². The second-order valence-electron chi connectivity index (χ2n) is 2.83. The fourth-order valence-electron chi connectivity index (χ4n) is 1.02. The average molecular weight is 228 g/mol. The van der Waals surface area contributed by atoms with Crippen molar-refractivity contribution in [3.63, 3.8) is 0 Å². The van der Waals surface area contributed by atoms with Gasteiger partial charge in [-0.3, -0.25) is 0 Å². The Bertz CT molecular complexity index is 446. The fourth-order valence-corrected chi connectivity index (χ4v) is 1.02. The van der Waals surface area contributed by atoms with Gasteiger partial charge in [-0.05, 0) is 6.08 Å². The van der Waals surface area contributed by atoms with Crippen LogP contribution in [-0.4, -0.2) is 36.6 Å². The Hall–Kier alpha value is -2.57. The summed E-state index contributed by atoms with van der Waals surface area (Å²) in [6, 6.07) is 0. The van der Waals surface area contributed by atoms with Crippen molar-refractivity contribution in [3.05, 3.63) is 11.6 Å². The van der Waals surface area contributed by atoms with Crippen LogP contribution in [0.4, 0.5) is 0 Å². The van der Waals surface area contributed by atoms with E-state index in [4.69, 9.17) is 20.4 Å². The van der Waals surface area contributed by atoms with E-state index in [1.165, 1.54) is 0 Å². The lowest BCUT2D eigenvalue weighted by molar-refractivity contribution is -0.131. The monoisotopic (exact) mass is 228 g/mol. The zero-order valence-corrected chi connectivity index (χ0v) is 7.75. The van der Waals surface area contributed by atoms with Crippen LogP contribution in [-0.2, 0) is 4.79 Å². The molecule has 0 fully saturated rings. The molecule has 0 saturated carbocycles. The molecule has 0 aliphatic rings. The SMILES string of the molecule is O=C(O)/C=C\c1c(O)c(O)c(O)c(O)c1O. The number of carbonyl (C=O) groups is 1. The van der Waals surface area contributed by atoms with Gasteiger partial charge in [0, 0.05) is 6.08 Å². The molecule has 0 saturated heterocycles. The van der Waals surface area contributed by atoms with Crippen molar-refractivity contribution in [1.82, 2.24) is 0 Å². The van der Waals surface area contributed by atoms with Crippen LogP contribution >= 0.6 is 0 Å². The van der Waals surface area contributed by atoms with E-state index in [-0.39, 0.29) is 0 Å². The lowest BCUT2D eigenvalue weighted by Crippen LogP contribution is -1.87. The summed E-state index contributed by atoms with van der Waals surface area (Å²) in [6.45, 7) is 0. The van der Waals surface area contributed by atoms with Crippen LogP contribution in [0, 0.1) is 0 Å². The third-order valence-electron chi connectivity index (χ3n) is 1.80. The minimum Gasteiger partial charge on any atom is -0.504 e. The molecule has 6 N–H and O–H groups in total. The van der Waals surface area contributed by atoms with E-state index < -0.39 is 40.3 Å². The van der Waals surface area contributed by atoms with Gasteiger partial charge in [0.05, 0.1) is 5.56 Å². The minimum absolute atomic E-state index is 0.518. The molecule has 1 aromatic carbocycles. The molecule has 0 radical (unpaired) electrons. The van der Waals surface area contributed by atoms with Crippen molar-refractivity contribution >= 4 is 12.0 Å². The average Bonchev–Trinajstić information content (AvgIpc) is 2.23. The first-order chi connectivity index (χ1) is 7.36. The Balaban J connectivity index is 3.45. The molecule has 1 aromatic rings. The summed E-state index contributed by atoms with van der Waals surface area (Å²) in [6.07, 6.45) is 1.33. The summed E-state index contributed by atoms with van der Waals surface area (Å²) in [5.74, 6) is -6.44. The molecule has 0 bridgehead atoms. The quantitative estimate of drug-likeness (QED) is 0.243. The largest absolute Gasteiger partial charge is 0.504 e. The summed E-state index contributed by atoms with van der Waals surface area (Å²) in [5.41, 5.74) is -0.518. The highest BCUT2D eigenvalue weighted by atomic mass is 16.4. The molecule has 0 amide bonds. The predicted molar refractivity (Wildman–Crippen MR) is 51.4 cm³/mol. The Kier molecular flexibility index (Phi) is 2.80. The van der Waals surface area contributed by atoms with Crippen molar-refractivity contribution in [3.8, 4) is 28.7 Å². The molecule has 16 heavy (non-hydrogen) atoms. The Morgan fingerprint density at radius 2 is 1.19 bits per heavy atom. The number of carboxylic acid groups (broad SMARTS) is 1. The third-order valence-corrected chi connectivity index (χ3v) is 1.80. The Morgan fingerprint density at radius 1 is 0.812 bits per heavy atom. The number of hydrogen-bond donors (Lipinski definition) is 6. The standard InChI is InChI=1S/C9H8O7/c10-4(11)2-1-3-5(12)7(14)9(16)8(15)6(3)13/h1-2,12-16H,(H,10,11)/b2-1-. The Labute approximate surface area is 88.8 Å². The van der Waals surface area contributed by atoms with Gasteiger partial charge < -0.3 is 30.6 Å². The number of phenolic OH excluding ortho intramolecular Hbond substituents is 5. The first kappa shape index (κ1) is 11.5. The van der Waals surface area contributed by atoms with Crippen molar-refractivity contribution < 1.29 is 35.4 Å². The maximum Gasteiger partial charge on any atom is 0.328 e. The molecule has 7 nitrogen and oxygen atoms in total. The number of rotatable bonds is 2. The van der Waals surface area contributed by atoms with Gasteiger partial charge in [-0.1, -0.05) is 0 Å². The van der Waals surface area contributed by atoms with E-state index in [0.717, 1.165) is 6.08 Å². The summed E-state index contributed by atoms with van der Waals surface area (Å²) < 4.78 is 0. The van der Waals surface area contributed by atoms with E-state index in [1.807, 2.05) is 0 Å². The highest BCUT2D eigenvalue weighted by molar-refractivity contribution is 5.88. The lowest BCUT2D eigenvalue weighted by atomic mass is 10.1. The highest BCUT2D eigenvalue weighted by Crippen LogP contribution is 2.51. The zero-order valence-electron chi connectivity index (χ0n) is 7.75. The molecule has 0 heterocycles. The number of phenols is 5. The van der Waals surface area contributed by atoms with Crippen LogP contribution in [0.2, 0.25) is 0 Å². The topological polar surface area (TPSA) is 138 Å². The maximum absolute atomic E-state index is 10.2. The molecule has 7 heteroatoms. The van der Waals surface area contributed by atoms with E-state index in [1.54, 1.807) is 0 Å². The van der Waals surface area contributed by atoms with Crippen molar-refractivity contribution in [2.75, 3.05) is 0 Å². The van der Waals surface area contributed by atoms with Gasteiger partial charge >= 0.3 is 5.97 Å². The van der Waals surface area contributed by atoms with Crippen LogP contribution in [0.5, 0.6) is 28.7 Å². The summed E-state index contributed by atoms with van der Waals surface area (Å²) in [7, 11) is 0. The summed E-state index contributed by atoms with van der Waals surface area (Å²) in [4.78, 5) is 10.2. The number of aliphatic carboxylic acids is 1. The van der Waals surface area contributed by atoms with Crippen LogP contribution in [0.1, 0.15) is 5.56 Å². The van der Waals surface area contributed by atoms with Crippen LogP contribution < -0.4 is 0 Å². The number of hydrogen-bond acceptors (Lipinski definition) is 6. The molecule has 0 aromatic heterocycles. The molecule has 0 spiro atoms. The van der Waals surface area contributed by atoms with Gasteiger partial charge in [-0.25, -0.2) is 4.79 Å². The Morgan fingerprint density at radius 3 is 1.56 bits per heavy atom. The maximum atomic E-state index is 10.2. The molecule has 0 aliphatic heterocycles. The summed E-state index contributed by atoms with van der Waals surface area (Å²) in [5, 5.41) is 54.1. The van der Waals surface area contributed by atoms with Crippen LogP contribution in [0.15, 0.2) is 6.08 Å². The van der Waals surface area contributed by atoms with Crippen molar-refractivity contribution in [1.29, 1.82) is 0 Å². The first-order valence-corrected chi connectivity index (χ1v) is 3.96. The number of carboxylic acids is 1. The number of aromatic hydroxyl groups is 5. The third kappa shape index (κ3) is 1.78. The second-order valence-corrected chi connectivity index (χ2v) is 2.83. The predicted octanol–water partition coefficient (Wildman–Crippen LogP) is 0.312. The van der Waals surface area contributed by atoms with Crippen LogP contribution in [0.25, 0.3) is 6.08 Å². The number of benzene rings is 1. The van der Waals surface area contributed by atoms with Crippen LogP contribution in [0.3, 0.4) is 0 Å². The molecule has 0 unspecified atom stereocenters. The molecule has 1 rings (SSSR count). The van der Waals surface area contributed by atoms with Gasteiger partial charge in [0.25, 0.3) is 0 Å². The van der Waals surface area contributed by atoms with Gasteiger partial charge in [0.2, 0.25) is 17.2 Å². The van der Waals surface area contributed by atoms with Gasteiger partial charge in [0.15, 0.2) is 11.5 Å². The fraction of sp³-hybridized carbons (Fsp3) is 0.